The summed E-state index contributed by atoms with van der Waals surface area (Å²) in [6.45, 7) is 3.94. The molecule has 1 heterocycles. The van der Waals surface area contributed by atoms with Crippen LogP contribution < -0.4 is 0 Å². The molecule has 0 saturated heterocycles. The first-order chi connectivity index (χ1) is 7.29. The molecule has 2 rings (SSSR count). The molecule has 0 spiro atoms. The zero-order chi connectivity index (χ0) is 10.7. The molecule has 1 atom stereocenters. The Kier molecular flexibility index (Phi) is 3.40. The molecule has 1 fully saturated rings. The van der Waals surface area contributed by atoms with Gasteiger partial charge in [0.05, 0.1) is 12.0 Å². The SMILES string of the molecule is CC(C#N)CN(Cc1cccs1)C1CC1. The van der Waals surface area contributed by atoms with Crippen LogP contribution in [0.4, 0.5) is 0 Å². The maximum absolute atomic E-state index is 8.84. The predicted molar refractivity (Wildman–Crippen MR) is 62.5 cm³/mol. The third-order valence-corrected chi connectivity index (χ3v) is 3.59. The van der Waals surface area contributed by atoms with Crippen molar-refractivity contribution in [3.63, 3.8) is 0 Å². The average molecular weight is 220 g/mol. The number of hydrogen-bond acceptors (Lipinski definition) is 3. The van der Waals surface area contributed by atoms with Gasteiger partial charge in [-0.1, -0.05) is 6.07 Å². The molecule has 1 aromatic heterocycles. The molecular formula is C12H16N2S. The highest BCUT2D eigenvalue weighted by molar-refractivity contribution is 7.09. The average Bonchev–Trinajstić information content (AvgIpc) is 2.97. The van der Waals surface area contributed by atoms with Crippen molar-refractivity contribution in [1.29, 1.82) is 5.26 Å². The highest BCUT2D eigenvalue weighted by atomic mass is 32.1. The van der Waals surface area contributed by atoms with E-state index in [0.717, 1.165) is 19.1 Å². The summed E-state index contributed by atoms with van der Waals surface area (Å²) >= 11 is 1.81. The van der Waals surface area contributed by atoms with E-state index < -0.39 is 0 Å². The van der Waals surface area contributed by atoms with E-state index in [9.17, 15) is 0 Å². The van der Waals surface area contributed by atoms with Crippen molar-refractivity contribution in [2.45, 2.75) is 32.4 Å². The van der Waals surface area contributed by atoms with Gasteiger partial charge in [-0.3, -0.25) is 4.90 Å². The highest BCUT2D eigenvalue weighted by Crippen LogP contribution is 2.29. The maximum Gasteiger partial charge on any atom is 0.0666 e. The smallest absolute Gasteiger partial charge is 0.0666 e. The fraction of sp³-hybridized carbons (Fsp3) is 0.583. The van der Waals surface area contributed by atoms with Crippen molar-refractivity contribution in [1.82, 2.24) is 4.90 Å². The van der Waals surface area contributed by atoms with Gasteiger partial charge in [-0.05, 0) is 31.2 Å². The standard InChI is InChI=1S/C12H16N2S/c1-10(7-13)8-14(11-4-5-11)9-12-3-2-6-15-12/h2-3,6,10-11H,4-5,8-9H2,1H3. The van der Waals surface area contributed by atoms with Crippen molar-refractivity contribution < 1.29 is 0 Å². The van der Waals surface area contributed by atoms with E-state index in [1.54, 1.807) is 11.3 Å². The van der Waals surface area contributed by atoms with Crippen LogP contribution in [0.25, 0.3) is 0 Å². The van der Waals surface area contributed by atoms with Crippen LogP contribution in [0.1, 0.15) is 24.6 Å². The second-order valence-corrected chi connectivity index (χ2v) is 5.30. The summed E-state index contributed by atoms with van der Waals surface area (Å²) in [5, 5.41) is 11.0. The quantitative estimate of drug-likeness (QED) is 0.763. The fourth-order valence-electron chi connectivity index (χ4n) is 1.78. The van der Waals surface area contributed by atoms with Gasteiger partial charge in [0, 0.05) is 24.0 Å². The Labute approximate surface area is 95.1 Å². The van der Waals surface area contributed by atoms with Crippen molar-refractivity contribution >= 4 is 11.3 Å². The number of rotatable bonds is 5. The molecule has 0 N–H and O–H groups in total. The molecular weight excluding hydrogens is 204 g/mol. The van der Waals surface area contributed by atoms with Gasteiger partial charge in [-0.15, -0.1) is 11.3 Å². The van der Waals surface area contributed by atoms with Crippen molar-refractivity contribution in [3.8, 4) is 6.07 Å². The molecule has 0 bridgehead atoms. The molecule has 0 aromatic carbocycles. The van der Waals surface area contributed by atoms with E-state index in [2.05, 4.69) is 28.5 Å². The van der Waals surface area contributed by atoms with Crippen LogP contribution in [-0.4, -0.2) is 17.5 Å². The van der Waals surface area contributed by atoms with Gasteiger partial charge in [-0.2, -0.15) is 5.26 Å². The summed E-state index contributed by atoms with van der Waals surface area (Å²) in [6.07, 6.45) is 2.62. The first-order valence-electron chi connectivity index (χ1n) is 5.45. The van der Waals surface area contributed by atoms with Gasteiger partial charge < -0.3 is 0 Å². The lowest BCUT2D eigenvalue weighted by Gasteiger charge is -2.22. The third-order valence-electron chi connectivity index (χ3n) is 2.73. The van der Waals surface area contributed by atoms with Gasteiger partial charge in [0.1, 0.15) is 0 Å². The first-order valence-corrected chi connectivity index (χ1v) is 6.33. The molecule has 0 amide bonds. The Morgan fingerprint density at radius 1 is 1.67 bits per heavy atom. The van der Waals surface area contributed by atoms with Gasteiger partial charge in [0.15, 0.2) is 0 Å². The molecule has 1 aliphatic rings. The Morgan fingerprint density at radius 3 is 3.00 bits per heavy atom. The Hall–Kier alpha value is -0.850. The number of thiophene rings is 1. The molecule has 3 heteroatoms. The minimum atomic E-state index is 0.144. The summed E-state index contributed by atoms with van der Waals surface area (Å²) in [4.78, 5) is 3.87. The topological polar surface area (TPSA) is 27.0 Å². The van der Waals surface area contributed by atoms with E-state index in [1.165, 1.54) is 17.7 Å². The minimum absolute atomic E-state index is 0.144. The molecule has 1 aliphatic carbocycles. The monoisotopic (exact) mass is 220 g/mol. The van der Waals surface area contributed by atoms with Crippen LogP contribution in [0, 0.1) is 17.2 Å². The number of hydrogen-bond donors (Lipinski definition) is 0. The summed E-state index contributed by atoms with van der Waals surface area (Å²) in [6, 6.07) is 7.33. The number of nitriles is 1. The zero-order valence-electron chi connectivity index (χ0n) is 9.02. The van der Waals surface area contributed by atoms with Crippen molar-refractivity contribution in [3.05, 3.63) is 22.4 Å². The molecule has 80 valence electrons. The first kappa shape index (κ1) is 10.7. The predicted octanol–water partition coefficient (Wildman–Crippen LogP) is 2.87. The van der Waals surface area contributed by atoms with Crippen LogP contribution in [0.15, 0.2) is 17.5 Å². The van der Waals surface area contributed by atoms with E-state index in [1.807, 2.05) is 6.92 Å². The highest BCUT2D eigenvalue weighted by Gasteiger charge is 2.29. The van der Waals surface area contributed by atoms with Gasteiger partial charge in [-0.25, -0.2) is 0 Å². The molecule has 0 radical (unpaired) electrons. The van der Waals surface area contributed by atoms with Gasteiger partial charge in [0.25, 0.3) is 0 Å². The summed E-state index contributed by atoms with van der Waals surface area (Å²) in [7, 11) is 0. The lowest BCUT2D eigenvalue weighted by molar-refractivity contribution is 0.239. The van der Waals surface area contributed by atoms with Gasteiger partial charge in [0.2, 0.25) is 0 Å². The molecule has 1 unspecified atom stereocenters. The second kappa shape index (κ2) is 4.78. The van der Waals surface area contributed by atoms with E-state index >= 15 is 0 Å². The third kappa shape index (κ3) is 3.05. The summed E-state index contributed by atoms with van der Waals surface area (Å²) in [5.41, 5.74) is 0. The Morgan fingerprint density at radius 2 is 2.47 bits per heavy atom. The van der Waals surface area contributed by atoms with Crippen LogP contribution in [0.2, 0.25) is 0 Å². The number of nitrogens with zero attached hydrogens (tertiary/aromatic N) is 2. The fourth-order valence-corrected chi connectivity index (χ4v) is 2.51. The molecule has 2 nitrogen and oxygen atoms in total. The maximum atomic E-state index is 8.84. The lowest BCUT2D eigenvalue weighted by Crippen LogP contribution is -2.29. The molecule has 0 aliphatic heterocycles. The van der Waals surface area contributed by atoms with Crippen molar-refractivity contribution in [2.24, 2.45) is 5.92 Å². The summed E-state index contributed by atoms with van der Waals surface area (Å²) in [5.74, 6) is 0.144. The second-order valence-electron chi connectivity index (χ2n) is 4.27. The minimum Gasteiger partial charge on any atom is -0.294 e. The van der Waals surface area contributed by atoms with Crippen LogP contribution in [-0.2, 0) is 6.54 Å². The van der Waals surface area contributed by atoms with E-state index in [4.69, 9.17) is 5.26 Å². The van der Waals surface area contributed by atoms with Crippen LogP contribution >= 0.6 is 11.3 Å². The van der Waals surface area contributed by atoms with Crippen LogP contribution in [0.5, 0.6) is 0 Å². The van der Waals surface area contributed by atoms with Crippen LogP contribution in [0.3, 0.4) is 0 Å². The normalized spacial score (nSPS) is 17.7. The Bertz CT molecular complexity index is 335. The molecule has 1 saturated carbocycles. The molecule has 15 heavy (non-hydrogen) atoms. The Balaban J connectivity index is 1.92. The molecule has 1 aromatic rings. The zero-order valence-corrected chi connectivity index (χ0v) is 9.83. The lowest BCUT2D eigenvalue weighted by atomic mass is 10.2. The van der Waals surface area contributed by atoms with E-state index in [-0.39, 0.29) is 5.92 Å². The van der Waals surface area contributed by atoms with Gasteiger partial charge >= 0.3 is 0 Å². The largest absolute Gasteiger partial charge is 0.294 e. The van der Waals surface area contributed by atoms with E-state index in [0.29, 0.717) is 0 Å². The summed E-state index contributed by atoms with van der Waals surface area (Å²) < 4.78 is 0. The van der Waals surface area contributed by atoms with Crippen molar-refractivity contribution in [2.75, 3.05) is 6.54 Å².